The van der Waals surface area contributed by atoms with E-state index in [2.05, 4.69) is 22.5 Å². The van der Waals surface area contributed by atoms with Gasteiger partial charge in [0, 0.05) is 24.9 Å². The van der Waals surface area contributed by atoms with Crippen molar-refractivity contribution in [2.24, 2.45) is 16.6 Å². The van der Waals surface area contributed by atoms with E-state index in [1.165, 1.54) is 0 Å². The molecular weight excluding hydrogens is 576 g/mol. The van der Waals surface area contributed by atoms with E-state index in [0.717, 1.165) is 62.0 Å². The van der Waals surface area contributed by atoms with Gasteiger partial charge in [-0.25, -0.2) is 0 Å². The number of ether oxygens (including phenoxy) is 1. The number of hydrogen-bond acceptors (Lipinski definition) is 5. The minimum Gasteiger partial charge on any atom is -0.494 e. The minimum absolute atomic E-state index is 0.0735. The molecule has 8 heteroatoms. The number of nitrogens with two attached hydrogens (primary N) is 1. The molecule has 3 amide bonds. The van der Waals surface area contributed by atoms with E-state index in [9.17, 15) is 14.4 Å². The molecular formula is C38H50N4O4. The Balaban J connectivity index is 1.53. The molecule has 5 rings (SSSR count). The summed E-state index contributed by atoms with van der Waals surface area (Å²) in [7, 11) is 0. The van der Waals surface area contributed by atoms with Gasteiger partial charge in [0.05, 0.1) is 6.61 Å². The smallest absolute Gasteiger partial charge is 0.251 e. The van der Waals surface area contributed by atoms with Crippen molar-refractivity contribution in [3.8, 4) is 5.75 Å². The first-order valence-corrected chi connectivity index (χ1v) is 16.5. The number of carbonyl (C=O) groups is 3. The molecule has 5 N–H and O–H groups in total. The number of amides is 3. The molecule has 2 aromatic rings. The SMILES string of the molecule is C=C/C=C(\C=C/C)CC(NC(=O)C(Cc1ccc(OCC)cc1)NC(=O)c1ccccc1)C(=O)NCC12CCC(CN)(CC1)CC2. The molecule has 0 radical (unpaired) electrons. The molecule has 3 aliphatic carbocycles. The van der Waals surface area contributed by atoms with E-state index in [1.807, 2.05) is 62.4 Å². The average Bonchev–Trinajstić information content (AvgIpc) is 3.09. The Bertz CT molecular complexity index is 1380. The molecule has 246 valence electrons. The van der Waals surface area contributed by atoms with Crippen molar-refractivity contribution in [3.63, 3.8) is 0 Å². The van der Waals surface area contributed by atoms with E-state index in [1.54, 1.807) is 30.3 Å². The van der Waals surface area contributed by atoms with Gasteiger partial charge in [-0.3, -0.25) is 14.4 Å². The van der Waals surface area contributed by atoms with Gasteiger partial charge in [0.15, 0.2) is 0 Å². The number of carbonyl (C=O) groups excluding carboxylic acids is 3. The van der Waals surface area contributed by atoms with Gasteiger partial charge in [-0.05, 0) is 105 Å². The highest BCUT2D eigenvalue weighted by molar-refractivity contribution is 5.98. The Morgan fingerprint density at radius 3 is 2.15 bits per heavy atom. The number of allylic oxidation sites excluding steroid dienone is 4. The summed E-state index contributed by atoms with van der Waals surface area (Å²) in [6.45, 7) is 9.49. The van der Waals surface area contributed by atoms with Gasteiger partial charge in [0.25, 0.3) is 5.91 Å². The Morgan fingerprint density at radius 1 is 0.913 bits per heavy atom. The zero-order chi connectivity index (χ0) is 33.0. The molecule has 2 aromatic carbocycles. The van der Waals surface area contributed by atoms with E-state index < -0.39 is 18.0 Å². The molecule has 2 bridgehead atoms. The van der Waals surface area contributed by atoms with Crippen LogP contribution in [0.3, 0.4) is 0 Å². The molecule has 46 heavy (non-hydrogen) atoms. The third kappa shape index (κ3) is 9.19. The van der Waals surface area contributed by atoms with Crippen LogP contribution in [-0.2, 0) is 16.0 Å². The lowest BCUT2D eigenvalue weighted by Gasteiger charge is -2.53. The van der Waals surface area contributed by atoms with Gasteiger partial charge >= 0.3 is 0 Å². The topological polar surface area (TPSA) is 123 Å². The van der Waals surface area contributed by atoms with Crippen LogP contribution in [0.25, 0.3) is 0 Å². The highest BCUT2D eigenvalue weighted by Crippen LogP contribution is 2.56. The Kier molecular flexibility index (Phi) is 12.4. The first-order valence-electron chi connectivity index (χ1n) is 16.5. The summed E-state index contributed by atoms with van der Waals surface area (Å²) in [5.74, 6) is -0.307. The van der Waals surface area contributed by atoms with Crippen LogP contribution in [0.4, 0.5) is 0 Å². The normalized spacial score (nSPS) is 22.1. The van der Waals surface area contributed by atoms with Gasteiger partial charge in [0.1, 0.15) is 17.8 Å². The lowest BCUT2D eigenvalue weighted by molar-refractivity contribution is -0.130. The summed E-state index contributed by atoms with van der Waals surface area (Å²) in [4.78, 5) is 41.1. The summed E-state index contributed by atoms with van der Waals surface area (Å²) >= 11 is 0. The third-order valence-corrected chi connectivity index (χ3v) is 9.75. The van der Waals surface area contributed by atoms with Crippen LogP contribution in [0, 0.1) is 10.8 Å². The summed E-state index contributed by atoms with van der Waals surface area (Å²) in [6.07, 6.45) is 14.3. The second-order valence-corrected chi connectivity index (χ2v) is 12.8. The Labute approximate surface area is 273 Å². The maximum Gasteiger partial charge on any atom is 0.251 e. The van der Waals surface area contributed by atoms with E-state index in [-0.39, 0.29) is 35.5 Å². The Morgan fingerprint density at radius 2 is 1.57 bits per heavy atom. The van der Waals surface area contributed by atoms with E-state index in [4.69, 9.17) is 10.5 Å². The van der Waals surface area contributed by atoms with Gasteiger partial charge in [0.2, 0.25) is 11.8 Å². The van der Waals surface area contributed by atoms with Crippen LogP contribution in [0.15, 0.2) is 91.1 Å². The first-order chi connectivity index (χ1) is 22.2. The summed E-state index contributed by atoms with van der Waals surface area (Å²) in [5, 5.41) is 9.12. The molecule has 0 saturated heterocycles. The summed E-state index contributed by atoms with van der Waals surface area (Å²) in [5.41, 5.74) is 8.61. The molecule has 3 fully saturated rings. The van der Waals surface area contributed by atoms with Gasteiger partial charge in [-0.1, -0.05) is 61.2 Å². The maximum absolute atomic E-state index is 14.0. The second kappa shape index (κ2) is 16.4. The van der Waals surface area contributed by atoms with Crippen LogP contribution in [-0.4, -0.2) is 49.5 Å². The molecule has 3 aliphatic rings. The van der Waals surface area contributed by atoms with Gasteiger partial charge in [-0.2, -0.15) is 0 Å². The number of nitrogens with one attached hydrogen (secondary N) is 3. The number of benzene rings is 2. The van der Waals surface area contributed by atoms with Crippen LogP contribution in [0.5, 0.6) is 5.75 Å². The van der Waals surface area contributed by atoms with E-state index >= 15 is 0 Å². The highest BCUT2D eigenvalue weighted by atomic mass is 16.5. The van der Waals surface area contributed by atoms with Crippen molar-refractivity contribution in [3.05, 3.63) is 102 Å². The van der Waals surface area contributed by atoms with Crippen molar-refractivity contribution in [1.29, 1.82) is 0 Å². The van der Waals surface area contributed by atoms with Crippen LogP contribution >= 0.6 is 0 Å². The molecule has 2 unspecified atom stereocenters. The van der Waals surface area contributed by atoms with Crippen LogP contribution in [0.1, 0.15) is 74.7 Å². The van der Waals surface area contributed by atoms with Crippen LogP contribution in [0.2, 0.25) is 0 Å². The largest absolute Gasteiger partial charge is 0.494 e. The first kappa shape index (κ1) is 34.7. The summed E-state index contributed by atoms with van der Waals surface area (Å²) in [6, 6.07) is 14.5. The minimum atomic E-state index is -0.922. The molecule has 0 aromatic heterocycles. The number of rotatable bonds is 16. The third-order valence-electron chi connectivity index (χ3n) is 9.75. The maximum atomic E-state index is 14.0. The number of hydrogen-bond donors (Lipinski definition) is 4. The molecule has 2 atom stereocenters. The molecule has 0 aliphatic heterocycles. The quantitative estimate of drug-likeness (QED) is 0.186. The lowest BCUT2D eigenvalue weighted by Crippen LogP contribution is -2.56. The van der Waals surface area contributed by atoms with Crippen molar-refractivity contribution in [2.75, 3.05) is 19.7 Å². The molecule has 0 heterocycles. The van der Waals surface area contributed by atoms with Crippen molar-refractivity contribution in [1.82, 2.24) is 16.0 Å². The highest BCUT2D eigenvalue weighted by Gasteiger charge is 2.48. The van der Waals surface area contributed by atoms with Crippen molar-refractivity contribution in [2.45, 2.75) is 77.3 Å². The Hall–Kier alpha value is -4.17. The van der Waals surface area contributed by atoms with Gasteiger partial charge in [-0.15, -0.1) is 0 Å². The molecule has 8 nitrogen and oxygen atoms in total. The fourth-order valence-electron chi connectivity index (χ4n) is 6.75. The monoisotopic (exact) mass is 626 g/mol. The average molecular weight is 627 g/mol. The predicted molar refractivity (Wildman–Crippen MR) is 183 cm³/mol. The second-order valence-electron chi connectivity index (χ2n) is 12.8. The standard InChI is InChI=1S/C38H50N4O4/c1-4-10-28(11-5-2)24-32(35(44)40-27-38-21-18-37(26-39,19-22-38)20-23-38)42-36(45)33(41-34(43)30-12-8-7-9-13-30)25-29-14-16-31(17-15-29)46-6-3/h4-5,7-17,32-33H,1,6,18-27,39H2,2-3H3,(H,40,44)(H,41,43)(H,42,45)/b11-5-,28-10+. The zero-order valence-corrected chi connectivity index (χ0v) is 27.4. The summed E-state index contributed by atoms with van der Waals surface area (Å²) < 4.78 is 5.57. The van der Waals surface area contributed by atoms with E-state index in [0.29, 0.717) is 18.7 Å². The fourth-order valence-corrected chi connectivity index (χ4v) is 6.75. The van der Waals surface area contributed by atoms with Crippen LogP contribution < -0.4 is 26.4 Å². The fraction of sp³-hybridized carbons (Fsp3) is 0.447. The molecule has 3 saturated carbocycles. The predicted octanol–water partition coefficient (Wildman–Crippen LogP) is 5.41. The lowest BCUT2D eigenvalue weighted by atomic mass is 9.54. The zero-order valence-electron chi connectivity index (χ0n) is 27.4. The molecule has 0 spiro atoms. The van der Waals surface area contributed by atoms with Gasteiger partial charge < -0.3 is 26.4 Å². The number of fused-ring (bicyclic) bond motifs is 3. The van der Waals surface area contributed by atoms with Crippen molar-refractivity contribution < 1.29 is 19.1 Å². The van der Waals surface area contributed by atoms with Crippen molar-refractivity contribution >= 4 is 17.7 Å².